The number of rotatable bonds is 4. The summed E-state index contributed by atoms with van der Waals surface area (Å²) in [5.41, 5.74) is 0. The Bertz CT molecular complexity index is 338. The maximum Gasteiger partial charge on any atom is 0.124 e. The van der Waals surface area contributed by atoms with Crippen molar-refractivity contribution < 1.29 is 0 Å². The third-order valence-corrected chi connectivity index (χ3v) is 3.51. The van der Waals surface area contributed by atoms with Crippen LogP contribution in [0.5, 0.6) is 0 Å². The van der Waals surface area contributed by atoms with Crippen LogP contribution in [0.1, 0.15) is 12.5 Å². The first kappa shape index (κ1) is 10.1. The van der Waals surface area contributed by atoms with Crippen LogP contribution >= 0.6 is 0 Å². The second-order valence-corrected chi connectivity index (χ2v) is 4.71. The van der Waals surface area contributed by atoms with E-state index in [1.165, 1.54) is 12.2 Å². The van der Waals surface area contributed by atoms with Crippen molar-refractivity contribution in [2.45, 2.75) is 12.5 Å². The first-order chi connectivity index (χ1) is 7.93. The van der Waals surface area contributed by atoms with Gasteiger partial charge in [0.25, 0.3) is 0 Å². The summed E-state index contributed by atoms with van der Waals surface area (Å²) in [7, 11) is 0. The van der Waals surface area contributed by atoms with E-state index < -0.39 is 0 Å². The summed E-state index contributed by atoms with van der Waals surface area (Å²) in [6.07, 6.45) is 3.17. The minimum atomic E-state index is 0.541. The van der Waals surface area contributed by atoms with Crippen molar-refractivity contribution in [2.24, 2.45) is 5.92 Å². The predicted molar refractivity (Wildman–Crippen MR) is 63.6 cm³/mol. The number of nitrogens with one attached hydrogen (secondary N) is 3. The molecule has 0 bridgehead atoms. The normalized spacial score (nSPS) is 25.6. The highest BCUT2D eigenvalue weighted by Gasteiger charge is 2.22. The lowest BCUT2D eigenvalue weighted by atomic mass is 10.1. The van der Waals surface area contributed by atoms with Gasteiger partial charge in [-0.1, -0.05) is 0 Å². The largest absolute Gasteiger partial charge is 0.370 e. The van der Waals surface area contributed by atoms with Gasteiger partial charge in [-0.15, -0.1) is 0 Å². The molecule has 2 aliphatic heterocycles. The highest BCUT2D eigenvalue weighted by Crippen LogP contribution is 2.18. The quantitative estimate of drug-likeness (QED) is 0.672. The van der Waals surface area contributed by atoms with E-state index in [1.54, 1.807) is 0 Å². The van der Waals surface area contributed by atoms with E-state index in [9.17, 15) is 0 Å². The Morgan fingerprint density at radius 1 is 1.38 bits per heavy atom. The summed E-state index contributed by atoms with van der Waals surface area (Å²) in [6, 6.07) is 2.61. The molecule has 2 aliphatic rings. The predicted octanol–water partition coefficient (Wildman–Crippen LogP) is 0.0488. The smallest absolute Gasteiger partial charge is 0.124 e. The average Bonchev–Trinajstić information content (AvgIpc) is 2.82. The van der Waals surface area contributed by atoms with Crippen molar-refractivity contribution in [3.63, 3.8) is 0 Å². The Morgan fingerprint density at radius 2 is 2.31 bits per heavy atom. The molecule has 2 saturated heterocycles. The van der Waals surface area contributed by atoms with Gasteiger partial charge in [-0.25, -0.2) is 4.68 Å². The van der Waals surface area contributed by atoms with E-state index in [0.717, 1.165) is 38.6 Å². The third kappa shape index (κ3) is 1.92. The molecule has 0 unspecified atom stereocenters. The van der Waals surface area contributed by atoms with Crippen LogP contribution < -0.4 is 16.0 Å². The molecule has 2 fully saturated rings. The van der Waals surface area contributed by atoms with Crippen LogP contribution in [0.25, 0.3) is 0 Å². The van der Waals surface area contributed by atoms with E-state index in [1.807, 2.05) is 6.20 Å². The molecule has 5 nitrogen and oxygen atoms in total. The first-order valence-electron chi connectivity index (χ1n) is 6.12. The molecule has 0 radical (unpaired) electrons. The van der Waals surface area contributed by atoms with Crippen LogP contribution in [0.2, 0.25) is 0 Å². The lowest BCUT2D eigenvalue weighted by Gasteiger charge is -2.29. The first-order valence-corrected chi connectivity index (χ1v) is 6.12. The van der Waals surface area contributed by atoms with Crippen molar-refractivity contribution in [1.29, 1.82) is 0 Å². The summed E-state index contributed by atoms with van der Waals surface area (Å²) < 4.78 is 2.11. The molecular weight excluding hydrogens is 202 g/mol. The van der Waals surface area contributed by atoms with Gasteiger partial charge in [-0.2, -0.15) is 5.10 Å². The summed E-state index contributed by atoms with van der Waals surface area (Å²) in [6.45, 7) is 5.45. The number of anilines is 1. The van der Waals surface area contributed by atoms with Crippen molar-refractivity contribution in [1.82, 2.24) is 20.4 Å². The zero-order chi connectivity index (χ0) is 10.8. The zero-order valence-corrected chi connectivity index (χ0v) is 9.45. The summed E-state index contributed by atoms with van der Waals surface area (Å²) in [5, 5.41) is 14.6. The molecule has 16 heavy (non-hydrogen) atoms. The number of hydrogen-bond acceptors (Lipinski definition) is 4. The Balaban J connectivity index is 1.58. The van der Waals surface area contributed by atoms with E-state index in [-0.39, 0.29) is 0 Å². The third-order valence-electron chi connectivity index (χ3n) is 3.51. The molecule has 0 amide bonds. The molecular formula is C11H19N5. The van der Waals surface area contributed by atoms with Crippen molar-refractivity contribution in [2.75, 3.05) is 38.0 Å². The van der Waals surface area contributed by atoms with E-state index in [2.05, 4.69) is 31.8 Å². The van der Waals surface area contributed by atoms with Gasteiger partial charge in [0.1, 0.15) is 5.82 Å². The van der Waals surface area contributed by atoms with Crippen molar-refractivity contribution in [3.8, 4) is 0 Å². The summed E-state index contributed by atoms with van der Waals surface area (Å²) in [5.74, 6) is 1.93. The maximum atomic E-state index is 4.38. The minimum Gasteiger partial charge on any atom is -0.370 e. The standard InChI is InChI=1S/C11H19N5/c1-3-12-5-9(1)6-14-11-2-4-15-16(11)10-7-13-8-10/h2,4,9-10,12-14H,1,3,5-8H2/t9-/m0/s1. The lowest BCUT2D eigenvalue weighted by molar-refractivity contribution is 0.321. The van der Waals surface area contributed by atoms with E-state index in [4.69, 9.17) is 0 Å². The Labute approximate surface area is 95.6 Å². The highest BCUT2D eigenvalue weighted by molar-refractivity contribution is 5.35. The van der Waals surface area contributed by atoms with Gasteiger partial charge < -0.3 is 16.0 Å². The Kier molecular flexibility index (Phi) is 2.80. The molecule has 5 heteroatoms. The molecule has 3 N–H and O–H groups in total. The van der Waals surface area contributed by atoms with E-state index >= 15 is 0 Å². The van der Waals surface area contributed by atoms with Gasteiger partial charge in [-0.05, 0) is 25.4 Å². The molecule has 0 aromatic carbocycles. The summed E-state index contributed by atoms with van der Waals surface area (Å²) in [4.78, 5) is 0. The van der Waals surface area contributed by atoms with Crippen molar-refractivity contribution in [3.05, 3.63) is 12.3 Å². The van der Waals surface area contributed by atoms with Gasteiger partial charge in [0.05, 0.1) is 12.2 Å². The second kappa shape index (κ2) is 4.43. The van der Waals surface area contributed by atoms with Crippen LogP contribution in [0, 0.1) is 5.92 Å². The van der Waals surface area contributed by atoms with Gasteiger partial charge >= 0.3 is 0 Å². The monoisotopic (exact) mass is 221 g/mol. The Hall–Kier alpha value is -1.07. The van der Waals surface area contributed by atoms with Gasteiger partial charge in [0.2, 0.25) is 0 Å². The highest BCUT2D eigenvalue weighted by atomic mass is 15.4. The van der Waals surface area contributed by atoms with Crippen LogP contribution in [0.3, 0.4) is 0 Å². The fraction of sp³-hybridized carbons (Fsp3) is 0.727. The fourth-order valence-electron chi connectivity index (χ4n) is 2.33. The molecule has 0 aliphatic carbocycles. The minimum absolute atomic E-state index is 0.541. The van der Waals surface area contributed by atoms with Crippen LogP contribution in [0.15, 0.2) is 12.3 Å². The SMILES string of the molecule is c1cc(NC[C@H]2CCNC2)n(C2CNC2)n1. The molecule has 0 spiro atoms. The zero-order valence-electron chi connectivity index (χ0n) is 9.45. The van der Waals surface area contributed by atoms with E-state index in [0.29, 0.717) is 6.04 Å². The van der Waals surface area contributed by atoms with Crippen LogP contribution in [-0.2, 0) is 0 Å². The molecule has 3 rings (SSSR count). The second-order valence-electron chi connectivity index (χ2n) is 4.71. The van der Waals surface area contributed by atoms with Crippen LogP contribution in [-0.4, -0.2) is 42.5 Å². The van der Waals surface area contributed by atoms with Gasteiger partial charge in [-0.3, -0.25) is 0 Å². The molecule has 88 valence electrons. The molecule has 1 aromatic rings. The average molecular weight is 221 g/mol. The molecule has 1 atom stereocenters. The number of nitrogens with zero attached hydrogens (tertiary/aromatic N) is 2. The molecule has 0 saturated carbocycles. The van der Waals surface area contributed by atoms with Gasteiger partial charge in [0.15, 0.2) is 0 Å². The number of hydrogen-bond donors (Lipinski definition) is 3. The van der Waals surface area contributed by atoms with Crippen molar-refractivity contribution >= 4 is 5.82 Å². The van der Waals surface area contributed by atoms with Crippen LogP contribution in [0.4, 0.5) is 5.82 Å². The fourth-order valence-corrected chi connectivity index (χ4v) is 2.33. The summed E-state index contributed by atoms with van der Waals surface area (Å²) >= 11 is 0. The Morgan fingerprint density at radius 3 is 3.00 bits per heavy atom. The number of aromatic nitrogens is 2. The van der Waals surface area contributed by atoms with Gasteiger partial charge in [0, 0.05) is 25.7 Å². The molecule has 3 heterocycles. The topological polar surface area (TPSA) is 53.9 Å². The maximum absolute atomic E-state index is 4.38. The molecule has 1 aromatic heterocycles. The lowest BCUT2D eigenvalue weighted by Crippen LogP contribution is -2.44.